The third-order valence-electron chi connectivity index (χ3n) is 5.08. The molecule has 0 saturated carbocycles. The van der Waals surface area contributed by atoms with Gasteiger partial charge < -0.3 is 10.2 Å². The third kappa shape index (κ3) is 4.08. The van der Waals surface area contributed by atoms with Gasteiger partial charge in [-0.3, -0.25) is 14.2 Å². The molecule has 1 aliphatic rings. The van der Waals surface area contributed by atoms with Crippen molar-refractivity contribution in [1.82, 2.24) is 9.55 Å². The van der Waals surface area contributed by atoms with Crippen LogP contribution < -0.4 is 10.2 Å². The summed E-state index contributed by atoms with van der Waals surface area (Å²) in [7, 11) is 0. The largest absolute Gasteiger partial charge is 0.325 e. The highest BCUT2D eigenvalue weighted by atomic mass is 35.5. The molecule has 0 unspecified atom stereocenters. The van der Waals surface area contributed by atoms with E-state index in [2.05, 4.69) is 10.3 Å². The van der Waals surface area contributed by atoms with E-state index in [-0.39, 0.29) is 17.6 Å². The van der Waals surface area contributed by atoms with E-state index < -0.39 is 0 Å². The smallest absolute Gasteiger partial charge is 0.234 e. The van der Waals surface area contributed by atoms with Crippen LogP contribution in [0, 0.1) is 6.92 Å². The van der Waals surface area contributed by atoms with Gasteiger partial charge in [-0.05, 0) is 54.8 Å². The van der Waals surface area contributed by atoms with Crippen molar-refractivity contribution in [2.45, 2.75) is 25.4 Å². The van der Waals surface area contributed by atoms with E-state index in [9.17, 15) is 9.59 Å². The average Bonchev–Trinajstić information content (AvgIpc) is 3.35. The minimum absolute atomic E-state index is 0.0346. The Morgan fingerprint density at radius 3 is 2.87 bits per heavy atom. The van der Waals surface area contributed by atoms with Crippen LogP contribution >= 0.6 is 23.4 Å². The van der Waals surface area contributed by atoms with E-state index in [1.54, 1.807) is 18.0 Å². The van der Waals surface area contributed by atoms with E-state index in [4.69, 9.17) is 11.6 Å². The summed E-state index contributed by atoms with van der Waals surface area (Å²) in [4.78, 5) is 30.3. The average molecular weight is 441 g/mol. The molecule has 1 aromatic heterocycles. The molecule has 0 saturated heterocycles. The van der Waals surface area contributed by atoms with Crippen molar-refractivity contribution in [1.29, 1.82) is 0 Å². The number of hydrogen-bond acceptors (Lipinski definition) is 4. The third-order valence-corrected chi connectivity index (χ3v) is 6.45. The minimum Gasteiger partial charge on any atom is -0.325 e. The molecule has 0 atom stereocenters. The number of halogens is 1. The molecule has 8 heteroatoms. The van der Waals surface area contributed by atoms with Gasteiger partial charge in [0.25, 0.3) is 0 Å². The first-order valence-electron chi connectivity index (χ1n) is 9.56. The Morgan fingerprint density at radius 2 is 2.07 bits per heavy atom. The molecule has 0 spiro atoms. The Labute approximate surface area is 184 Å². The molecule has 2 aromatic carbocycles. The van der Waals surface area contributed by atoms with Crippen LogP contribution in [0.2, 0.25) is 5.02 Å². The molecule has 0 radical (unpaired) electrons. The van der Waals surface area contributed by atoms with Crippen LogP contribution in [0.15, 0.2) is 53.9 Å². The van der Waals surface area contributed by atoms with Crippen molar-refractivity contribution in [3.63, 3.8) is 0 Å². The molecular weight excluding hydrogens is 420 g/mol. The fourth-order valence-electron chi connectivity index (χ4n) is 3.57. The van der Waals surface area contributed by atoms with Crippen molar-refractivity contribution < 1.29 is 9.59 Å². The van der Waals surface area contributed by atoms with Gasteiger partial charge in [0, 0.05) is 42.3 Å². The van der Waals surface area contributed by atoms with E-state index in [1.807, 2.05) is 54.1 Å². The Morgan fingerprint density at radius 1 is 1.23 bits per heavy atom. The minimum atomic E-state index is -0.112. The second-order valence-corrected chi connectivity index (χ2v) is 8.41. The van der Waals surface area contributed by atoms with E-state index >= 15 is 0 Å². The number of fused-ring (bicyclic) bond motifs is 1. The number of amides is 2. The predicted molar refractivity (Wildman–Crippen MR) is 121 cm³/mol. The van der Waals surface area contributed by atoms with Crippen LogP contribution in [0.3, 0.4) is 0 Å². The lowest BCUT2D eigenvalue weighted by Gasteiger charge is -2.15. The topological polar surface area (TPSA) is 67.2 Å². The Balaban J connectivity index is 1.42. The normalized spacial score (nSPS) is 12.7. The Bertz CT molecular complexity index is 1130. The summed E-state index contributed by atoms with van der Waals surface area (Å²) in [5.74, 6) is 0.152. The van der Waals surface area contributed by atoms with Gasteiger partial charge in [-0.15, -0.1) is 0 Å². The summed E-state index contributed by atoms with van der Waals surface area (Å²) >= 11 is 7.61. The number of nitrogens with zero attached hydrogens (tertiary/aromatic N) is 3. The summed E-state index contributed by atoms with van der Waals surface area (Å²) in [5.41, 5.74) is 4.63. The number of nitrogens with one attached hydrogen (secondary N) is 1. The molecule has 2 heterocycles. The number of benzene rings is 2. The highest BCUT2D eigenvalue weighted by molar-refractivity contribution is 7.99. The maximum Gasteiger partial charge on any atom is 0.234 e. The lowest BCUT2D eigenvalue weighted by Crippen LogP contribution is -2.25. The number of anilines is 2. The van der Waals surface area contributed by atoms with Crippen molar-refractivity contribution in [3.8, 4) is 5.69 Å². The van der Waals surface area contributed by atoms with Crippen LogP contribution in [0.1, 0.15) is 18.1 Å². The van der Waals surface area contributed by atoms with Crippen LogP contribution in [0.25, 0.3) is 5.69 Å². The quantitative estimate of drug-likeness (QED) is 0.594. The van der Waals surface area contributed by atoms with Crippen molar-refractivity contribution in [3.05, 3.63) is 64.9 Å². The highest BCUT2D eigenvalue weighted by Crippen LogP contribution is 2.31. The highest BCUT2D eigenvalue weighted by Gasteiger charge is 2.22. The summed E-state index contributed by atoms with van der Waals surface area (Å²) in [6.45, 7) is 4.21. The predicted octanol–water partition coefficient (Wildman–Crippen LogP) is 4.47. The first-order chi connectivity index (χ1) is 14.4. The van der Waals surface area contributed by atoms with E-state index in [0.29, 0.717) is 11.6 Å². The van der Waals surface area contributed by atoms with Gasteiger partial charge in [-0.2, -0.15) is 0 Å². The van der Waals surface area contributed by atoms with Gasteiger partial charge in [-0.25, -0.2) is 4.98 Å². The summed E-state index contributed by atoms with van der Waals surface area (Å²) in [5, 5.41) is 4.35. The molecule has 30 heavy (non-hydrogen) atoms. The van der Waals surface area contributed by atoms with E-state index in [1.165, 1.54) is 11.8 Å². The Kier molecular flexibility index (Phi) is 5.83. The van der Waals surface area contributed by atoms with E-state index in [0.717, 1.165) is 39.8 Å². The fourth-order valence-corrected chi connectivity index (χ4v) is 4.51. The van der Waals surface area contributed by atoms with Crippen molar-refractivity contribution in [2.75, 3.05) is 22.5 Å². The number of thioether (sulfide) groups is 1. The van der Waals surface area contributed by atoms with Gasteiger partial charge in [0.1, 0.15) is 0 Å². The summed E-state index contributed by atoms with van der Waals surface area (Å²) in [6.07, 6.45) is 4.37. The SMILES string of the molecule is CC(=O)N1CCc2cc(NC(=O)CSc3nccn3-c3cccc(Cl)c3C)ccc21. The molecule has 2 amide bonds. The van der Waals surface area contributed by atoms with Crippen LogP contribution in [-0.2, 0) is 16.0 Å². The van der Waals surface area contributed by atoms with Gasteiger partial charge in [0.15, 0.2) is 5.16 Å². The fraction of sp³-hybridized carbons (Fsp3) is 0.227. The van der Waals surface area contributed by atoms with Crippen LogP contribution in [0.5, 0.6) is 0 Å². The van der Waals surface area contributed by atoms with Crippen LogP contribution in [-0.4, -0.2) is 33.7 Å². The van der Waals surface area contributed by atoms with Gasteiger partial charge >= 0.3 is 0 Å². The number of carbonyl (C=O) groups is 2. The van der Waals surface area contributed by atoms with Crippen molar-refractivity contribution in [2.24, 2.45) is 0 Å². The molecule has 1 aliphatic heterocycles. The molecule has 0 bridgehead atoms. The zero-order chi connectivity index (χ0) is 21.3. The molecule has 4 rings (SSSR count). The number of aromatic nitrogens is 2. The van der Waals surface area contributed by atoms with Gasteiger partial charge in [-0.1, -0.05) is 29.4 Å². The second kappa shape index (κ2) is 8.53. The molecule has 154 valence electrons. The maximum absolute atomic E-state index is 12.5. The first-order valence-corrected chi connectivity index (χ1v) is 10.9. The Hall–Kier alpha value is -2.77. The summed E-state index contributed by atoms with van der Waals surface area (Å²) in [6, 6.07) is 11.4. The lowest BCUT2D eigenvalue weighted by molar-refractivity contribution is -0.116. The zero-order valence-corrected chi connectivity index (χ0v) is 18.3. The molecule has 6 nitrogen and oxygen atoms in total. The lowest BCUT2D eigenvalue weighted by atomic mass is 10.1. The zero-order valence-electron chi connectivity index (χ0n) is 16.7. The molecular formula is C22H21ClN4O2S. The molecule has 3 aromatic rings. The van der Waals surface area contributed by atoms with Gasteiger partial charge in [0.05, 0.1) is 11.4 Å². The standard InChI is InChI=1S/C22H21ClN4O2S/c1-14-18(23)4-3-5-19(14)27-11-9-24-22(27)30-13-21(29)25-17-6-7-20-16(12-17)8-10-26(20)15(2)28/h3-7,9,11-12H,8,10,13H2,1-2H3,(H,25,29). The number of rotatable bonds is 5. The van der Waals surface area contributed by atoms with Gasteiger partial charge in [0.2, 0.25) is 11.8 Å². The monoisotopic (exact) mass is 440 g/mol. The second-order valence-electron chi connectivity index (χ2n) is 7.06. The molecule has 0 fully saturated rings. The van der Waals surface area contributed by atoms with Crippen molar-refractivity contribution >= 4 is 46.6 Å². The van der Waals surface area contributed by atoms with Crippen LogP contribution in [0.4, 0.5) is 11.4 Å². The number of hydrogen-bond donors (Lipinski definition) is 1. The number of carbonyl (C=O) groups excluding carboxylic acids is 2. The molecule has 1 N–H and O–H groups in total. The molecule has 0 aliphatic carbocycles. The summed E-state index contributed by atoms with van der Waals surface area (Å²) < 4.78 is 1.94. The number of imidazole rings is 1. The first kappa shape index (κ1) is 20.5. The maximum atomic E-state index is 12.5.